The molecule has 0 saturated carbocycles. The Hall–Kier alpha value is -1.09. The molecule has 0 unspecified atom stereocenters. The van der Waals surface area contributed by atoms with Gasteiger partial charge in [-0.1, -0.05) is 52.0 Å². The van der Waals surface area contributed by atoms with Gasteiger partial charge in [0.15, 0.2) is 0 Å². The monoisotopic (exact) mass is 279 g/mol. The number of nitrogens with two attached hydrogens (primary N) is 1. The molecule has 0 radical (unpaired) electrons. The number of aryl methyl sites for hydroxylation is 1. The van der Waals surface area contributed by atoms with E-state index < -0.39 is 0 Å². The number of hydrogen-bond donors (Lipinski definition) is 1. The Morgan fingerprint density at radius 3 is 2.53 bits per heavy atom. The minimum absolute atomic E-state index is 0.140. The van der Waals surface area contributed by atoms with Gasteiger partial charge in [0, 0.05) is 6.42 Å². The van der Waals surface area contributed by atoms with Crippen molar-refractivity contribution in [2.75, 3.05) is 6.61 Å². The topological polar surface area (TPSA) is 35.2 Å². The summed E-state index contributed by atoms with van der Waals surface area (Å²) in [7, 11) is 0. The Morgan fingerprint density at radius 1 is 1.32 bits per heavy atom. The van der Waals surface area contributed by atoms with Crippen molar-refractivity contribution in [2.45, 2.75) is 52.4 Å². The summed E-state index contributed by atoms with van der Waals surface area (Å²) >= 11 is 4.97. The van der Waals surface area contributed by atoms with Crippen molar-refractivity contribution in [2.24, 2.45) is 5.73 Å². The minimum atomic E-state index is 0.140. The molecule has 1 aromatic rings. The molecule has 0 bridgehead atoms. The van der Waals surface area contributed by atoms with E-state index in [9.17, 15) is 0 Å². The SMILES string of the molecule is CCCOc1ccc(C(C)(C)C)cc1CCC(N)=S. The zero-order valence-electron chi connectivity index (χ0n) is 12.5. The van der Waals surface area contributed by atoms with E-state index in [0.29, 0.717) is 4.99 Å². The van der Waals surface area contributed by atoms with E-state index in [4.69, 9.17) is 22.7 Å². The second-order valence-electron chi connectivity index (χ2n) is 5.89. The lowest BCUT2D eigenvalue weighted by Gasteiger charge is -2.21. The first-order valence-electron chi connectivity index (χ1n) is 6.89. The van der Waals surface area contributed by atoms with Gasteiger partial charge >= 0.3 is 0 Å². The van der Waals surface area contributed by atoms with E-state index in [0.717, 1.165) is 31.6 Å². The average Bonchev–Trinajstić information content (AvgIpc) is 2.33. The third-order valence-corrected chi connectivity index (χ3v) is 3.23. The predicted molar refractivity (Wildman–Crippen MR) is 86.0 cm³/mol. The lowest BCUT2D eigenvalue weighted by atomic mass is 9.85. The van der Waals surface area contributed by atoms with Crippen molar-refractivity contribution in [1.82, 2.24) is 0 Å². The summed E-state index contributed by atoms with van der Waals surface area (Å²) in [4.78, 5) is 0.558. The van der Waals surface area contributed by atoms with E-state index in [2.05, 4.69) is 45.9 Å². The number of thiocarbonyl (C=S) groups is 1. The van der Waals surface area contributed by atoms with Gasteiger partial charge < -0.3 is 10.5 Å². The molecule has 0 spiro atoms. The molecule has 0 aliphatic carbocycles. The molecule has 3 heteroatoms. The molecule has 0 aliphatic rings. The van der Waals surface area contributed by atoms with Crippen molar-refractivity contribution in [3.05, 3.63) is 29.3 Å². The summed E-state index contributed by atoms with van der Waals surface area (Å²) in [6, 6.07) is 6.45. The van der Waals surface area contributed by atoms with Crippen LogP contribution in [0.25, 0.3) is 0 Å². The van der Waals surface area contributed by atoms with Crippen LogP contribution in [0.5, 0.6) is 5.75 Å². The highest BCUT2D eigenvalue weighted by Crippen LogP contribution is 2.29. The first-order chi connectivity index (χ1) is 8.84. The van der Waals surface area contributed by atoms with E-state index in [1.807, 2.05) is 0 Å². The molecule has 2 N–H and O–H groups in total. The van der Waals surface area contributed by atoms with Gasteiger partial charge in [-0.2, -0.15) is 0 Å². The van der Waals surface area contributed by atoms with Crippen LogP contribution in [0.3, 0.4) is 0 Å². The highest BCUT2D eigenvalue weighted by atomic mass is 32.1. The Labute approximate surface area is 122 Å². The van der Waals surface area contributed by atoms with Gasteiger partial charge in [-0.25, -0.2) is 0 Å². The van der Waals surface area contributed by atoms with Gasteiger partial charge in [-0.15, -0.1) is 0 Å². The molecule has 106 valence electrons. The van der Waals surface area contributed by atoms with Gasteiger partial charge in [0.25, 0.3) is 0 Å². The summed E-state index contributed by atoms with van der Waals surface area (Å²) in [6.07, 6.45) is 2.58. The summed E-state index contributed by atoms with van der Waals surface area (Å²) in [5, 5.41) is 0. The van der Waals surface area contributed by atoms with Crippen LogP contribution >= 0.6 is 12.2 Å². The highest BCUT2D eigenvalue weighted by Gasteiger charge is 2.16. The average molecular weight is 279 g/mol. The van der Waals surface area contributed by atoms with Crippen molar-refractivity contribution >= 4 is 17.2 Å². The maximum atomic E-state index is 5.80. The Morgan fingerprint density at radius 2 is 2.00 bits per heavy atom. The largest absolute Gasteiger partial charge is 0.493 e. The van der Waals surface area contributed by atoms with Gasteiger partial charge in [0.1, 0.15) is 5.75 Å². The maximum Gasteiger partial charge on any atom is 0.122 e. The fourth-order valence-electron chi connectivity index (χ4n) is 1.85. The van der Waals surface area contributed by atoms with Crippen LogP contribution < -0.4 is 10.5 Å². The Bertz CT molecular complexity index is 435. The number of benzene rings is 1. The molecule has 19 heavy (non-hydrogen) atoms. The lowest BCUT2D eigenvalue weighted by Crippen LogP contribution is -2.13. The van der Waals surface area contributed by atoms with Crippen LogP contribution in [0.15, 0.2) is 18.2 Å². The van der Waals surface area contributed by atoms with Crippen LogP contribution in [-0.2, 0) is 11.8 Å². The fourth-order valence-corrected chi connectivity index (χ4v) is 1.95. The number of hydrogen-bond acceptors (Lipinski definition) is 2. The van der Waals surface area contributed by atoms with Crippen LogP contribution in [-0.4, -0.2) is 11.6 Å². The molecule has 0 atom stereocenters. The molecular formula is C16H25NOS. The molecule has 1 rings (SSSR count). The summed E-state index contributed by atoms with van der Waals surface area (Å²) < 4.78 is 5.80. The molecule has 1 aromatic carbocycles. The maximum absolute atomic E-state index is 5.80. The molecule has 0 aliphatic heterocycles. The Balaban J connectivity index is 2.99. The minimum Gasteiger partial charge on any atom is -0.493 e. The number of rotatable bonds is 6. The van der Waals surface area contributed by atoms with Gasteiger partial charge in [0.05, 0.1) is 11.6 Å². The van der Waals surface area contributed by atoms with Crippen LogP contribution in [0.1, 0.15) is 51.7 Å². The molecule has 0 saturated heterocycles. The van der Waals surface area contributed by atoms with E-state index in [-0.39, 0.29) is 5.41 Å². The zero-order chi connectivity index (χ0) is 14.5. The van der Waals surface area contributed by atoms with Crippen LogP contribution in [0.4, 0.5) is 0 Å². The van der Waals surface area contributed by atoms with Gasteiger partial charge in [0.2, 0.25) is 0 Å². The first-order valence-corrected chi connectivity index (χ1v) is 7.30. The summed E-state index contributed by atoms with van der Waals surface area (Å²) in [5.41, 5.74) is 8.26. The summed E-state index contributed by atoms with van der Waals surface area (Å²) in [6.45, 7) is 9.50. The lowest BCUT2D eigenvalue weighted by molar-refractivity contribution is 0.314. The van der Waals surface area contributed by atoms with Crippen molar-refractivity contribution in [3.8, 4) is 5.75 Å². The molecule has 0 aromatic heterocycles. The summed E-state index contributed by atoms with van der Waals surface area (Å²) in [5.74, 6) is 0.964. The predicted octanol–water partition coefficient (Wildman–Crippen LogP) is 3.99. The standard InChI is InChI=1S/C16H25NOS/c1-5-10-18-14-8-7-13(16(2,3)4)11-12(14)6-9-15(17)19/h7-8,11H,5-6,9-10H2,1-4H3,(H2,17,19). The Kier molecular flexibility index (Phi) is 5.80. The van der Waals surface area contributed by atoms with Crippen molar-refractivity contribution in [1.29, 1.82) is 0 Å². The third kappa shape index (κ3) is 5.19. The van der Waals surface area contributed by atoms with Crippen molar-refractivity contribution < 1.29 is 4.74 Å². The molecule has 0 fully saturated rings. The van der Waals surface area contributed by atoms with Gasteiger partial charge in [-0.05, 0) is 35.4 Å². The molecule has 0 amide bonds. The van der Waals surface area contributed by atoms with E-state index in [1.165, 1.54) is 11.1 Å². The van der Waals surface area contributed by atoms with E-state index >= 15 is 0 Å². The van der Waals surface area contributed by atoms with Crippen molar-refractivity contribution in [3.63, 3.8) is 0 Å². The second-order valence-corrected chi connectivity index (χ2v) is 6.41. The number of ether oxygens (including phenoxy) is 1. The van der Waals surface area contributed by atoms with Gasteiger partial charge in [-0.3, -0.25) is 0 Å². The smallest absolute Gasteiger partial charge is 0.122 e. The van der Waals surface area contributed by atoms with Crippen LogP contribution in [0.2, 0.25) is 0 Å². The highest BCUT2D eigenvalue weighted by molar-refractivity contribution is 7.80. The molecule has 0 heterocycles. The quantitative estimate of drug-likeness (QED) is 0.800. The molecule has 2 nitrogen and oxygen atoms in total. The van der Waals surface area contributed by atoms with Crippen LogP contribution in [0, 0.1) is 0 Å². The first kappa shape index (κ1) is 16.0. The zero-order valence-corrected chi connectivity index (χ0v) is 13.3. The van der Waals surface area contributed by atoms with E-state index in [1.54, 1.807) is 0 Å². The third-order valence-electron chi connectivity index (χ3n) is 3.03. The molecular weight excluding hydrogens is 254 g/mol. The fraction of sp³-hybridized carbons (Fsp3) is 0.562. The normalized spacial score (nSPS) is 11.4. The second kappa shape index (κ2) is 6.90.